The summed E-state index contributed by atoms with van der Waals surface area (Å²) < 4.78 is 5.65. The number of likely N-dealkylation sites (N-methyl/N-ethyl adjacent to an activating group) is 1. The summed E-state index contributed by atoms with van der Waals surface area (Å²) in [6, 6.07) is 7.54. The van der Waals surface area contributed by atoms with Crippen LogP contribution in [0.1, 0.15) is 19.8 Å². The van der Waals surface area contributed by atoms with Crippen molar-refractivity contribution >= 4 is 12.6 Å². The predicted octanol–water partition coefficient (Wildman–Crippen LogP) is 0.476. The first-order chi connectivity index (χ1) is 9.08. The van der Waals surface area contributed by atoms with Crippen molar-refractivity contribution in [2.24, 2.45) is 5.92 Å². The van der Waals surface area contributed by atoms with Gasteiger partial charge in [0.25, 0.3) is 0 Å². The Labute approximate surface area is 115 Å². The van der Waals surface area contributed by atoms with Gasteiger partial charge in [-0.15, -0.1) is 0 Å². The maximum Gasteiger partial charge on any atom is 0.488 e. The van der Waals surface area contributed by atoms with E-state index in [1.54, 1.807) is 18.2 Å². The minimum Gasteiger partial charge on any atom is -0.492 e. The van der Waals surface area contributed by atoms with Gasteiger partial charge in [0.1, 0.15) is 12.4 Å². The highest BCUT2D eigenvalue weighted by atomic mass is 16.5. The maximum absolute atomic E-state index is 9.09. The fraction of sp³-hybridized carbons (Fsp3) is 0.571. The average molecular weight is 263 g/mol. The van der Waals surface area contributed by atoms with Crippen molar-refractivity contribution < 1.29 is 14.8 Å². The first-order valence-electron chi connectivity index (χ1n) is 6.87. The Balaban J connectivity index is 1.77. The summed E-state index contributed by atoms with van der Waals surface area (Å²) in [6.07, 6.45) is 2.70. The minimum atomic E-state index is -1.44. The molecule has 0 bridgehead atoms. The largest absolute Gasteiger partial charge is 0.492 e. The second kappa shape index (κ2) is 6.41. The summed E-state index contributed by atoms with van der Waals surface area (Å²) in [5.74, 6) is 1.54. The molecule has 0 aromatic heterocycles. The van der Waals surface area contributed by atoms with Gasteiger partial charge in [-0.3, -0.25) is 0 Å². The molecule has 1 aliphatic rings. The molecule has 0 radical (unpaired) electrons. The predicted molar refractivity (Wildman–Crippen MR) is 76.6 cm³/mol. The molecule has 0 saturated heterocycles. The zero-order chi connectivity index (χ0) is 13.8. The Bertz CT molecular complexity index is 409. The Morgan fingerprint density at radius 2 is 2.16 bits per heavy atom. The van der Waals surface area contributed by atoms with Gasteiger partial charge >= 0.3 is 7.12 Å². The molecule has 0 amide bonds. The van der Waals surface area contributed by atoms with E-state index in [2.05, 4.69) is 18.9 Å². The summed E-state index contributed by atoms with van der Waals surface area (Å²) >= 11 is 0. The third-order valence-corrected chi connectivity index (χ3v) is 3.87. The summed E-state index contributed by atoms with van der Waals surface area (Å²) in [5.41, 5.74) is 0.456. The van der Waals surface area contributed by atoms with Gasteiger partial charge < -0.3 is 19.7 Å². The van der Waals surface area contributed by atoms with E-state index in [-0.39, 0.29) is 0 Å². The monoisotopic (exact) mass is 263 g/mol. The van der Waals surface area contributed by atoms with Crippen LogP contribution in [-0.2, 0) is 0 Å². The number of benzene rings is 1. The van der Waals surface area contributed by atoms with E-state index in [1.165, 1.54) is 12.8 Å². The van der Waals surface area contributed by atoms with Gasteiger partial charge in [-0.05, 0) is 50.3 Å². The van der Waals surface area contributed by atoms with E-state index in [0.717, 1.165) is 12.5 Å². The first-order valence-corrected chi connectivity index (χ1v) is 6.87. The van der Waals surface area contributed by atoms with Crippen LogP contribution in [-0.4, -0.2) is 48.3 Å². The van der Waals surface area contributed by atoms with Gasteiger partial charge in [-0.2, -0.15) is 0 Å². The van der Waals surface area contributed by atoms with Crippen molar-refractivity contribution in [3.8, 4) is 5.75 Å². The van der Waals surface area contributed by atoms with Crippen molar-refractivity contribution in [2.45, 2.75) is 25.8 Å². The molecule has 0 aliphatic heterocycles. The molecule has 1 atom stereocenters. The number of nitrogens with zero attached hydrogens (tertiary/aromatic N) is 1. The van der Waals surface area contributed by atoms with E-state index < -0.39 is 7.12 Å². The molecular weight excluding hydrogens is 241 g/mol. The summed E-state index contributed by atoms with van der Waals surface area (Å²) in [4.78, 5) is 2.32. The van der Waals surface area contributed by atoms with E-state index in [1.807, 2.05) is 6.07 Å². The molecule has 0 spiro atoms. The lowest BCUT2D eigenvalue weighted by Gasteiger charge is -2.24. The Hall–Kier alpha value is -1.04. The Morgan fingerprint density at radius 3 is 2.79 bits per heavy atom. The molecule has 4 nitrogen and oxygen atoms in total. The van der Waals surface area contributed by atoms with Crippen LogP contribution >= 0.6 is 0 Å². The third-order valence-electron chi connectivity index (χ3n) is 3.87. The second-order valence-electron chi connectivity index (χ2n) is 5.35. The van der Waals surface area contributed by atoms with E-state index >= 15 is 0 Å². The zero-order valence-electron chi connectivity index (χ0n) is 11.6. The lowest BCUT2D eigenvalue weighted by Crippen LogP contribution is -2.34. The van der Waals surface area contributed by atoms with E-state index in [9.17, 15) is 0 Å². The maximum atomic E-state index is 9.09. The van der Waals surface area contributed by atoms with Crippen LogP contribution in [0.3, 0.4) is 0 Å². The summed E-state index contributed by atoms with van der Waals surface area (Å²) in [6.45, 7) is 3.75. The van der Waals surface area contributed by atoms with Gasteiger partial charge in [-0.1, -0.05) is 12.1 Å². The third kappa shape index (κ3) is 4.23. The molecule has 5 heteroatoms. The molecule has 1 aromatic carbocycles. The van der Waals surface area contributed by atoms with Crippen LogP contribution in [0.25, 0.3) is 0 Å². The van der Waals surface area contributed by atoms with Crippen molar-refractivity contribution in [2.75, 3.05) is 20.2 Å². The molecule has 1 saturated carbocycles. The number of rotatable bonds is 7. The molecule has 1 aliphatic carbocycles. The molecule has 1 unspecified atom stereocenters. The highest BCUT2D eigenvalue weighted by Crippen LogP contribution is 2.34. The van der Waals surface area contributed by atoms with Gasteiger partial charge in [0.2, 0.25) is 0 Å². The number of hydrogen-bond donors (Lipinski definition) is 2. The van der Waals surface area contributed by atoms with Crippen molar-refractivity contribution in [3.05, 3.63) is 24.3 Å². The van der Waals surface area contributed by atoms with Crippen molar-refractivity contribution in [3.63, 3.8) is 0 Å². The zero-order valence-corrected chi connectivity index (χ0v) is 11.6. The first kappa shape index (κ1) is 14.4. The molecule has 0 heterocycles. The highest BCUT2D eigenvalue weighted by Gasteiger charge is 2.30. The van der Waals surface area contributed by atoms with Crippen LogP contribution < -0.4 is 10.2 Å². The Kier molecular flexibility index (Phi) is 4.85. The highest BCUT2D eigenvalue weighted by molar-refractivity contribution is 6.58. The van der Waals surface area contributed by atoms with Gasteiger partial charge in [0, 0.05) is 12.6 Å². The average Bonchev–Trinajstić information content (AvgIpc) is 3.22. The van der Waals surface area contributed by atoms with Crippen molar-refractivity contribution in [1.29, 1.82) is 0 Å². The quantitative estimate of drug-likeness (QED) is 0.702. The second-order valence-corrected chi connectivity index (χ2v) is 5.35. The SMILES string of the molecule is CC(C1CC1)N(C)CCOc1cccc(B(O)O)c1. The van der Waals surface area contributed by atoms with Crippen LogP contribution in [0.4, 0.5) is 0 Å². The van der Waals surface area contributed by atoms with Gasteiger partial charge in [0.05, 0.1) is 0 Å². The van der Waals surface area contributed by atoms with E-state index in [4.69, 9.17) is 14.8 Å². The van der Waals surface area contributed by atoms with Crippen LogP contribution in [0.5, 0.6) is 5.75 Å². The number of ether oxygens (including phenoxy) is 1. The standard InChI is InChI=1S/C14H22BNO3/c1-11(12-6-7-12)16(2)8-9-19-14-5-3-4-13(10-14)15(17)18/h3-5,10-12,17-18H,6-9H2,1-2H3. The lowest BCUT2D eigenvalue weighted by atomic mass is 9.80. The topological polar surface area (TPSA) is 52.9 Å². The fourth-order valence-corrected chi connectivity index (χ4v) is 2.21. The van der Waals surface area contributed by atoms with Gasteiger partial charge in [-0.25, -0.2) is 0 Å². The van der Waals surface area contributed by atoms with Crippen LogP contribution in [0.2, 0.25) is 0 Å². The van der Waals surface area contributed by atoms with Crippen molar-refractivity contribution in [1.82, 2.24) is 4.90 Å². The summed E-state index contributed by atoms with van der Waals surface area (Å²) in [7, 11) is 0.682. The summed E-state index contributed by atoms with van der Waals surface area (Å²) in [5, 5.41) is 18.2. The normalized spacial score (nSPS) is 16.5. The Morgan fingerprint density at radius 1 is 1.42 bits per heavy atom. The molecule has 1 aromatic rings. The smallest absolute Gasteiger partial charge is 0.488 e. The van der Waals surface area contributed by atoms with Crippen LogP contribution in [0, 0.1) is 5.92 Å². The molecule has 19 heavy (non-hydrogen) atoms. The molecule has 2 rings (SSSR count). The number of hydrogen-bond acceptors (Lipinski definition) is 4. The molecule has 2 N–H and O–H groups in total. The molecular formula is C14H22BNO3. The van der Waals surface area contributed by atoms with Crippen LogP contribution in [0.15, 0.2) is 24.3 Å². The van der Waals surface area contributed by atoms with E-state index in [0.29, 0.717) is 23.9 Å². The van der Waals surface area contributed by atoms with Gasteiger partial charge in [0.15, 0.2) is 0 Å². The molecule has 1 fully saturated rings. The molecule has 104 valence electrons. The minimum absolute atomic E-state index is 0.456. The lowest BCUT2D eigenvalue weighted by molar-refractivity contribution is 0.186. The fourth-order valence-electron chi connectivity index (χ4n) is 2.21.